The van der Waals surface area contributed by atoms with Gasteiger partial charge < -0.3 is 10.8 Å². The highest BCUT2D eigenvalue weighted by Gasteiger charge is 2.47. The first-order chi connectivity index (χ1) is 7.33. The van der Waals surface area contributed by atoms with Crippen LogP contribution in [0, 0.1) is 0 Å². The van der Waals surface area contributed by atoms with Crippen LogP contribution in [-0.2, 0) is 11.7 Å². The molecule has 6 heteroatoms. The van der Waals surface area contributed by atoms with Gasteiger partial charge in [0.25, 0.3) is 0 Å². The fourth-order valence-corrected chi connectivity index (χ4v) is 2.03. The fraction of sp³-hybridized carbons (Fsp3) is 0.500. The molecule has 3 nitrogen and oxygen atoms in total. The minimum absolute atomic E-state index is 0.0344. The van der Waals surface area contributed by atoms with E-state index in [1.54, 1.807) is 0 Å². The van der Waals surface area contributed by atoms with Crippen molar-refractivity contribution in [2.45, 2.75) is 30.7 Å². The quantitative estimate of drug-likeness (QED) is 0.769. The minimum Gasteiger partial charge on any atom is -0.393 e. The number of hydrogen-bond donors (Lipinski definition) is 2. The van der Waals surface area contributed by atoms with Gasteiger partial charge in [-0.15, -0.1) is 0 Å². The lowest BCUT2D eigenvalue weighted by atomic mass is 9.70. The van der Waals surface area contributed by atoms with E-state index in [1.165, 1.54) is 12.1 Å². The van der Waals surface area contributed by atoms with Crippen LogP contribution in [0.3, 0.4) is 0 Å². The Bertz CT molecular complexity index is 399. The standard InChI is InChI=1S/C10H11F3N2O/c11-10(12,13)8-7(2-1-3-15-8)9(14)4-6(16)5-9/h1-3,6,16H,4-5,14H2. The third-order valence-corrected chi connectivity index (χ3v) is 2.81. The number of nitrogens with zero attached hydrogens (tertiary/aromatic N) is 1. The molecule has 1 aromatic rings. The Hall–Kier alpha value is -1.14. The molecule has 1 saturated carbocycles. The van der Waals surface area contributed by atoms with Crippen LogP contribution in [0.2, 0.25) is 0 Å². The van der Waals surface area contributed by atoms with E-state index in [1.807, 2.05) is 0 Å². The Labute approximate surface area is 90.1 Å². The van der Waals surface area contributed by atoms with Crippen LogP contribution in [-0.4, -0.2) is 16.2 Å². The largest absolute Gasteiger partial charge is 0.433 e. The molecule has 0 bridgehead atoms. The lowest BCUT2D eigenvalue weighted by molar-refractivity contribution is -0.143. The smallest absolute Gasteiger partial charge is 0.393 e. The number of halogens is 3. The summed E-state index contributed by atoms with van der Waals surface area (Å²) in [4.78, 5) is 3.34. The third kappa shape index (κ3) is 1.78. The Balaban J connectivity index is 2.42. The summed E-state index contributed by atoms with van der Waals surface area (Å²) in [5.41, 5.74) is 3.72. The van der Waals surface area contributed by atoms with E-state index < -0.39 is 23.5 Å². The first kappa shape index (κ1) is 11.3. The second-order valence-electron chi connectivity index (χ2n) is 4.12. The van der Waals surface area contributed by atoms with Gasteiger partial charge in [0.05, 0.1) is 6.10 Å². The molecule has 0 aliphatic heterocycles. The number of pyridine rings is 1. The summed E-state index contributed by atoms with van der Waals surface area (Å²) in [5.74, 6) is 0. The highest BCUT2D eigenvalue weighted by atomic mass is 19.4. The summed E-state index contributed by atoms with van der Waals surface area (Å²) in [6.45, 7) is 0. The summed E-state index contributed by atoms with van der Waals surface area (Å²) in [6, 6.07) is 2.74. The monoisotopic (exact) mass is 232 g/mol. The average molecular weight is 232 g/mol. The Kier molecular flexibility index (Phi) is 2.43. The molecule has 0 atom stereocenters. The van der Waals surface area contributed by atoms with Crippen LogP contribution in [0.25, 0.3) is 0 Å². The highest BCUT2D eigenvalue weighted by molar-refractivity contribution is 5.33. The Morgan fingerprint density at radius 2 is 2.06 bits per heavy atom. The summed E-state index contributed by atoms with van der Waals surface area (Å²) >= 11 is 0. The molecule has 0 spiro atoms. The van der Waals surface area contributed by atoms with Gasteiger partial charge in [0.15, 0.2) is 0 Å². The SMILES string of the molecule is NC1(c2cccnc2C(F)(F)F)CC(O)C1. The molecule has 0 aromatic carbocycles. The third-order valence-electron chi connectivity index (χ3n) is 2.81. The van der Waals surface area contributed by atoms with E-state index in [2.05, 4.69) is 4.98 Å². The maximum Gasteiger partial charge on any atom is 0.433 e. The van der Waals surface area contributed by atoms with Gasteiger partial charge in [-0.25, -0.2) is 0 Å². The lowest BCUT2D eigenvalue weighted by Crippen LogP contribution is -2.52. The summed E-state index contributed by atoms with van der Waals surface area (Å²) in [5, 5.41) is 9.16. The number of aliphatic hydroxyl groups is 1. The zero-order valence-electron chi connectivity index (χ0n) is 8.33. The van der Waals surface area contributed by atoms with E-state index >= 15 is 0 Å². The van der Waals surface area contributed by atoms with Gasteiger partial charge >= 0.3 is 6.18 Å². The van der Waals surface area contributed by atoms with E-state index in [4.69, 9.17) is 10.8 Å². The van der Waals surface area contributed by atoms with E-state index in [0.29, 0.717) is 0 Å². The maximum atomic E-state index is 12.7. The van der Waals surface area contributed by atoms with Crippen LogP contribution >= 0.6 is 0 Å². The molecule has 0 amide bonds. The molecule has 0 saturated heterocycles. The van der Waals surface area contributed by atoms with Gasteiger partial charge in [-0.2, -0.15) is 13.2 Å². The molecule has 1 aromatic heterocycles. The molecular formula is C10H11F3N2O. The second kappa shape index (κ2) is 3.43. The van der Waals surface area contributed by atoms with Gasteiger partial charge in [0, 0.05) is 17.3 Å². The van der Waals surface area contributed by atoms with E-state index in [0.717, 1.165) is 6.20 Å². The Morgan fingerprint density at radius 1 is 1.44 bits per heavy atom. The van der Waals surface area contributed by atoms with Crippen LogP contribution in [0.1, 0.15) is 24.1 Å². The predicted molar refractivity (Wildman–Crippen MR) is 50.3 cm³/mol. The first-order valence-electron chi connectivity index (χ1n) is 4.82. The zero-order chi connectivity index (χ0) is 12.0. The van der Waals surface area contributed by atoms with Crippen molar-refractivity contribution in [3.05, 3.63) is 29.6 Å². The van der Waals surface area contributed by atoms with Crippen molar-refractivity contribution in [2.24, 2.45) is 5.73 Å². The molecule has 3 N–H and O–H groups in total. The lowest BCUT2D eigenvalue weighted by Gasteiger charge is -2.43. The first-order valence-corrected chi connectivity index (χ1v) is 4.82. The van der Waals surface area contributed by atoms with Gasteiger partial charge in [-0.05, 0) is 18.9 Å². The van der Waals surface area contributed by atoms with Crippen molar-refractivity contribution in [1.82, 2.24) is 4.98 Å². The van der Waals surface area contributed by atoms with Crippen molar-refractivity contribution in [1.29, 1.82) is 0 Å². The van der Waals surface area contributed by atoms with Gasteiger partial charge in [0.1, 0.15) is 5.69 Å². The van der Waals surface area contributed by atoms with Gasteiger partial charge in [-0.1, -0.05) is 6.07 Å². The number of alkyl halides is 3. The van der Waals surface area contributed by atoms with Crippen LogP contribution < -0.4 is 5.73 Å². The second-order valence-corrected chi connectivity index (χ2v) is 4.12. The molecule has 0 radical (unpaired) electrons. The van der Waals surface area contributed by atoms with Gasteiger partial charge in [0.2, 0.25) is 0 Å². The number of aromatic nitrogens is 1. The number of nitrogens with two attached hydrogens (primary N) is 1. The minimum atomic E-state index is -4.51. The zero-order valence-corrected chi connectivity index (χ0v) is 8.33. The Morgan fingerprint density at radius 3 is 2.56 bits per heavy atom. The highest BCUT2D eigenvalue weighted by Crippen LogP contribution is 2.43. The fourth-order valence-electron chi connectivity index (χ4n) is 2.03. The molecule has 1 aliphatic carbocycles. The predicted octanol–water partition coefficient (Wildman–Crippen LogP) is 1.41. The van der Waals surface area contributed by atoms with Crippen LogP contribution in [0.15, 0.2) is 18.3 Å². The molecule has 2 rings (SSSR count). The van der Waals surface area contributed by atoms with Gasteiger partial charge in [-0.3, -0.25) is 4.98 Å². The average Bonchev–Trinajstić information content (AvgIpc) is 2.14. The molecule has 1 aliphatic rings. The van der Waals surface area contributed by atoms with Crippen molar-refractivity contribution < 1.29 is 18.3 Å². The number of hydrogen-bond acceptors (Lipinski definition) is 3. The van der Waals surface area contributed by atoms with Crippen molar-refractivity contribution in [3.8, 4) is 0 Å². The van der Waals surface area contributed by atoms with Crippen molar-refractivity contribution in [2.75, 3.05) is 0 Å². The van der Waals surface area contributed by atoms with Crippen LogP contribution in [0.5, 0.6) is 0 Å². The van der Waals surface area contributed by atoms with Crippen molar-refractivity contribution in [3.63, 3.8) is 0 Å². The summed E-state index contributed by atoms with van der Waals surface area (Å²) < 4.78 is 38.0. The molecule has 88 valence electrons. The van der Waals surface area contributed by atoms with E-state index in [-0.39, 0.29) is 18.4 Å². The molecule has 0 unspecified atom stereocenters. The number of rotatable bonds is 1. The molecular weight excluding hydrogens is 221 g/mol. The number of aliphatic hydroxyl groups excluding tert-OH is 1. The van der Waals surface area contributed by atoms with E-state index in [9.17, 15) is 13.2 Å². The molecule has 1 fully saturated rings. The van der Waals surface area contributed by atoms with Crippen LogP contribution in [0.4, 0.5) is 13.2 Å². The summed E-state index contributed by atoms with van der Waals surface area (Å²) in [7, 11) is 0. The normalized spacial score (nSPS) is 29.9. The molecule has 1 heterocycles. The topological polar surface area (TPSA) is 59.1 Å². The molecule has 16 heavy (non-hydrogen) atoms. The van der Waals surface area contributed by atoms with Crippen molar-refractivity contribution >= 4 is 0 Å². The summed E-state index contributed by atoms with van der Waals surface area (Å²) in [6.07, 6.45) is -3.76. The maximum absolute atomic E-state index is 12.7.